The third kappa shape index (κ3) is 4.47. The van der Waals surface area contributed by atoms with Gasteiger partial charge in [0.05, 0.1) is 21.9 Å². The molecule has 4 atom stereocenters. The molecule has 2 aromatic rings. The Morgan fingerprint density at radius 2 is 1.53 bits per heavy atom. The van der Waals surface area contributed by atoms with Crippen LogP contribution < -0.4 is 0 Å². The average molecular weight is 522 g/mol. The molecule has 2 aromatic carbocycles. The van der Waals surface area contributed by atoms with Gasteiger partial charge in [0, 0.05) is 16.1 Å². The number of nitrogens with zero attached hydrogens (tertiary/aromatic N) is 2. The van der Waals surface area contributed by atoms with Crippen LogP contribution in [0.5, 0.6) is 0 Å². The van der Waals surface area contributed by atoms with Gasteiger partial charge in [0.1, 0.15) is 6.04 Å². The quantitative estimate of drug-likeness (QED) is 0.374. The summed E-state index contributed by atoms with van der Waals surface area (Å²) in [5, 5.41) is 2.71. The van der Waals surface area contributed by atoms with Crippen LogP contribution in [0.3, 0.4) is 0 Å². The predicted octanol–water partition coefficient (Wildman–Crippen LogP) is 5.70. The summed E-state index contributed by atoms with van der Waals surface area (Å²) in [6.45, 7) is 3.54. The molecule has 1 saturated heterocycles. The number of hydrogen-bond acceptors (Lipinski definition) is 4. The number of halogens is 3. The molecule has 3 amide bonds. The van der Waals surface area contributed by atoms with E-state index in [-0.39, 0.29) is 15.6 Å². The van der Waals surface area contributed by atoms with E-state index >= 15 is 0 Å². The van der Waals surface area contributed by atoms with Crippen LogP contribution in [0, 0.1) is 17.8 Å². The van der Waals surface area contributed by atoms with E-state index in [0.717, 1.165) is 16.4 Å². The lowest BCUT2D eigenvalue weighted by atomic mass is 9.76. The number of benzene rings is 2. The van der Waals surface area contributed by atoms with Gasteiger partial charge in [0.25, 0.3) is 17.7 Å². The summed E-state index contributed by atoms with van der Waals surface area (Å²) in [6.07, 6.45) is 1.97. The van der Waals surface area contributed by atoms with Crippen LogP contribution >= 0.6 is 34.8 Å². The van der Waals surface area contributed by atoms with Crippen molar-refractivity contribution in [1.29, 1.82) is 0 Å². The maximum absolute atomic E-state index is 13.7. The van der Waals surface area contributed by atoms with Crippen LogP contribution in [0.4, 0.5) is 0 Å². The smallest absolute Gasteiger partial charge is 0.273 e. The number of hydrogen-bond donors (Lipinski definition) is 0. The van der Waals surface area contributed by atoms with Crippen LogP contribution in [0.25, 0.3) is 0 Å². The Morgan fingerprint density at radius 1 is 0.912 bits per heavy atom. The van der Waals surface area contributed by atoms with Crippen molar-refractivity contribution in [1.82, 2.24) is 10.0 Å². The van der Waals surface area contributed by atoms with E-state index < -0.39 is 41.4 Å². The number of Topliss-reactive ketones (excluding diaryl/α,β-unsaturated/α-hetero) is 1. The summed E-state index contributed by atoms with van der Waals surface area (Å²) >= 11 is 18.1. The highest BCUT2D eigenvalue weighted by Crippen LogP contribution is 2.42. The first-order valence-electron chi connectivity index (χ1n) is 11.1. The van der Waals surface area contributed by atoms with Gasteiger partial charge in [-0.2, -0.15) is 5.01 Å². The van der Waals surface area contributed by atoms with Crippen LogP contribution in [-0.4, -0.2) is 39.6 Å². The van der Waals surface area contributed by atoms with Crippen molar-refractivity contribution >= 4 is 58.3 Å². The van der Waals surface area contributed by atoms with Crippen LogP contribution in [0.1, 0.15) is 53.8 Å². The fourth-order valence-electron chi connectivity index (χ4n) is 4.75. The van der Waals surface area contributed by atoms with Crippen molar-refractivity contribution < 1.29 is 19.2 Å². The van der Waals surface area contributed by atoms with Crippen LogP contribution in [-0.2, 0) is 9.59 Å². The summed E-state index contributed by atoms with van der Waals surface area (Å²) < 4.78 is 0. The van der Waals surface area contributed by atoms with E-state index in [9.17, 15) is 19.2 Å². The predicted molar refractivity (Wildman–Crippen MR) is 130 cm³/mol. The van der Waals surface area contributed by atoms with Crippen LogP contribution in [0.15, 0.2) is 42.5 Å². The molecule has 2 fully saturated rings. The number of imide groups is 1. The minimum atomic E-state index is -1.14. The fraction of sp³-hybridized carbons (Fsp3) is 0.360. The third-order valence-electron chi connectivity index (χ3n) is 6.63. The Labute approximate surface area is 212 Å². The van der Waals surface area contributed by atoms with Gasteiger partial charge in [-0.25, -0.2) is 5.01 Å². The third-order valence-corrected chi connectivity index (χ3v) is 7.62. The average Bonchev–Trinajstić information content (AvgIpc) is 3.05. The highest BCUT2D eigenvalue weighted by atomic mass is 35.5. The zero-order valence-electron chi connectivity index (χ0n) is 18.6. The van der Waals surface area contributed by atoms with Gasteiger partial charge in [0.15, 0.2) is 5.78 Å². The van der Waals surface area contributed by atoms with Gasteiger partial charge in [0.2, 0.25) is 0 Å². The Morgan fingerprint density at radius 3 is 2.18 bits per heavy atom. The first-order chi connectivity index (χ1) is 16.1. The molecule has 4 rings (SSSR count). The maximum Gasteiger partial charge on any atom is 0.273 e. The van der Waals surface area contributed by atoms with Crippen molar-refractivity contribution in [3.05, 3.63) is 68.7 Å². The number of hydrazine groups is 1. The molecule has 2 aliphatic rings. The zero-order chi connectivity index (χ0) is 24.7. The van der Waals surface area contributed by atoms with E-state index in [4.69, 9.17) is 34.8 Å². The molecule has 1 heterocycles. The number of carbonyl (C=O) groups excluding carboxylic acids is 4. The summed E-state index contributed by atoms with van der Waals surface area (Å²) in [4.78, 5) is 53.9. The molecule has 1 saturated carbocycles. The van der Waals surface area contributed by atoms with Gasteiger partial charge in [-0.1, -0.05) is 41.7 Å². The zero-order valence-corrected chi connectivity index (χ0v) is 20.9. The second-order valence-corrected chi connectivity index (χ2v) is 10.2. The molecular formula is C25H23Cl3N2O4. The number of carbonyl (C=O) groups is 4. The van der Waals surface area contributed by atoms with Gasteiger partial charge >= 0.3 is 0 Å². The largest absolute Gasteiger partial charge is 0.292 e. The topological polar surface area (TPSA) is 74.8 Å². The van der Waals surface area contributed by atoms with Gasteiger partial charge in [-0.15, -0.1) is 0 Å². The van der Waals surface area contributed by atoms with Crippen molar-refractivity contribution in [2.45, 2.75) is 39.2 Å². The Hall–Kier alpha value is -2.41. The molecule has 0 radical (unpaired) electrons. The summed E-state index contributed by atoms with van der Waals surface area (Å²) in [5.41, 5.74) is 0.406. The standard InChI is InChI=1S/C25H23Cl3N2O4/c1-13-3-9-18-19(11-13)25(34)30(24(18)33)29(23(32)16-6-10-20(27)21(28)12-16)14(2)22(31)15-4-7-17(26)8-5-15/h4-8,10,12-14,18-19H,3,9,11H2,1-2H3/t13-,14-,18+,19-/m1/s1. The maximum atomic E-state index is 13.7. The SMILES string of the molecule is C[C@@H]1CC[C@@H]2C(=O)N(N(C(=O)c3ccc(Cl)c(Cl)c3)[C@H](C)C(=O)c3ccc(Cl)cc3)C(=O)[C@@H]2C1. The molecule has 0 N–H and O–H groups in total. The van der Waals surface area contributed by atoms with Gasteiger partial charge in [-0.05, 0) is 74.6 Å². The number of rotatable bonds is 5. The fourth-order valence-corrected chi connectivity index (χ4v) is 5.18. The lowest BCUT2D eigenvalue weighted by molar-refractivity contribution is -0.156. The van der Waals surface area contributed by atoms with Crippen LogP contribution in [0.2, 0.25) is 15.1 Å². The van der Waals surface area contributed by atoms with E-state index in [1.165, 1.54) is 37.3 Å². The highest BCUT2D eigenvalue weighted by molar-refractivity contribution is 6.42. The first kappa shape index (κ1) is 24.7. The molecule has 1 aliphatic heterocycles. The molecule has 9 heteroatoms. The highest BCUT2D eigenvalue weighted by Gasteiger charge is 2.54. The summed E-state index contributed by atoms with van der Waals surface area (Å²) in [7, 11) is 0. The molecule has 0 aromatic heterocycles. The molecule has 1 aliphatic carbocycles. The molecule has 0 spiro atoms. The molecule has 178 valence electrons. The Balaban J connectivity index is 1.76. The number of fused-ring (bicyclic) bond motifs is 1. The minimum absolute atomic E-state index is 0.106. The van der Waals surface area contributed by atoms with E-state index in [0.29, 0.717) is 29.3 Å². The molecule has 0 unspecified atom stereocenters. The summed E-state index contributed by atoms with van der Waals surface area (Å²) in [5.74, 6) is -2.73. The molecule has 34 heavy (non-hydrogen) atoms. The molecule has 6 nitrogen and oxygen atoms in total. The summed E-state index contributed by atoms with van der Waals surface area (Å²) in [6, 6.07) is 9.33. The van der Waals surface area contributed by atoms with E-state index in [2.05, 4.69) is 0 Å². The van der Waals surface area contributed by atoms with E-state index in [1.807, 2.05) is 6.92 Å². The second-order valence-electron chi connectivity index (χ2n) is 8.95. The molecular weight excluding hydrogens is 499 g/mol. The van der Waals surface area contributed by atoms with Gasteiger partial charge < -0.3 is 0 Å². The Kier molecular flexibility index (Phi) is 7.04. The van der Waals surface area contributed by atoms with Crippen molar-refractivity contribution in [2.75, 3.05) is 0 Å². The lowest BCUT2D eigenvalue weighted by Crippen LogP contribution is -2.56. The number of ketones is 1. The van der Waals surface area contributed by atoms with Crippen molar-refractivity contribution in [3.63, 3.8) is 0 Å². The van der Waals surface area contributed by atoms with Gasteiger partial charge in [-0.3, -0.25) is 19.2 Å². The lowest BCUT2D eigenvalue weighted by Gasteiger charge is -2.34. The van der Waals surface area contributed by atoms with Crippen molar-refractivity contribution in [3.8, 4) is 0 Å². The minimum Gasteiger partial charge on any atom is -0.292 e. The Bertz CT molecular complexity index is 1170. The first-order valence-corrected chi connectivity index (χ1v) is 12.2. The monoisotopic (exact) mass is 520 g/mol. The van der Waals surface area contributed by atoms with Crippen molar-refractivity contribution in [2.24, 2.45) is 17.8 Å². The molecule has 0 bridgehead atoms. The van der Waals surface area contributed by atoms with E-state index in [1.54, 1.807) is 12.1 Å². The second kappa shape index (κ2) is 9.68. The number of amides is 3. The normalized spacial score (nSPS) is 23.0.